The number of amides is 1. The lowest BCUT2D eigenvalue weighted by molar-refractivity contribution is -0.124. The van der Waals surface area contributed by atoms with E-state index in [1.165, 1.54) is 12.1 Å². The normalized spacial score (nSPS) is 21.3. The second-order valence-electron chi connectivity index (χ2n) is 4.86. The lowest BCUT2D eigenvalue weighted by atomic mass is 10.1. The van der Waals surface area contributed by atoms with Gasteiger partial charge in [-0.25, -0.2) is 8.42 Å². The van der Waals surface area contributed by atoms with Gasteiger partial charge in [0.15, 0.2) is 0 Å². The summed E-state index contributed by atoms with van der Waals surface area (Å²) in [6.45, 7) is 2.14. The van der Waals surface area contributed by atoms with Gasteiger partial charge in [0.25, 0.3) is 0 Å². The van der Waals surface area contributed by atoms with E-state index in [-0.39, 0.29) is 10.8 Å². The molecule has 1 fully saturated rings. The molecule has 1 aromatic carbocycles. The van der Waals surface area contributed by atoms with Crippen LogP contribution < -0.4 is 10.0 Å². The fourth-order valence-electron chi connectivity index (χ4n) is 2.08. The average Bonchev–Trinajstić information content (AvgIpc) is 2.41. The van der Waals surface area contributed by atoms with Crippen LogP contribution in [0.15, 0.2) is 29.2 Å². The number of hydrogen-bond acceptors (Lipinski definition) is 4. The molecular weight excluding hydrogens is 280 g/mol. The molecule has 1 heterocycles. The van der Waals surface area contributed by atoms with E-state index in [1.807, 2.05) is 0 Å². The van der Waals surface area contributed by atoms with Crippen molar-refractivity contribution in [1.29, 1.82) is 0 Å². The van der Waals surface area contributed by atoms with E-state index < -0.39 is 22.2 Å². The summed E-state index contributed by atoms with van der Waals surface area (Å²) in [5.41, 5.74) is 0.515. The van der Waals surface area contributed by atoms with Crippen LogP contribution in [0, 0.1) is 0 Å². The Labute approximate surface area is 118 Å². The Morgan fingerprint density at radius 2 is 2.20 bits per heavy atom. The summed E-state index contributed by atoms with van der Waals surface area (Å²) in [6.07, 6.45) is 0.483. The average molecular weight is 298 g/mol. The van der Waals surface area contributed by atoms with Crippen molar-refractivity contribution in [1.82, 2.24) is 10.0 Å². The van der Waals surface area contributed by atoms with E-state index in [4.69, 9.17) is 0 Å². The van der Waals surface area contributed by atoms with Gasteiger partial charge in [-0.3, -0.25) is 4.79 Å². The molecule has 3 N–H and O–H groups in total. The molecule has 7 heteroatoms. The minimum absolute atomic E-state index is 0.0503. The highest BCUT2D eigenvalue weighted by atomic mass is 32.2. The number of nitrogens with one attached hydrogen (secondary N) is 2. The van der Waals surface area contributed by atoms with E-state index in [2.05, 4.69) is 10.0 Å². The number of aliphatic hydroxyl groups excluding tert-OH is 1. The summed E-state index contributed by atoms with van der Waals surface area (Å²) in [5.74, 6) is -0.300. The fourth-order valence-corrected chi connectivity index (χ4v) is 3.37. The molecule has 6 nitrogen and oxygen atoms in total. The van der Waals surface area contributed by atoms with Gasteiger partial charge in [0.1, 0.15) is 6.04 Å². The first-order valence-corrected chi connectivity index (χ1v) is 7.96. The second-order valence-corrected chi connectivity index (χ2v) is 6.57. The Hall–Kier alpha value is -1.44. The summed E-state index contributed by atoms with van der Waals surface area (Å²) < 4.78 is 26.9. The fraction of sp³-hybridized carbons (Fsp3) is 0.462. The van der Waals surface area contributed by atoms with E-state index in [0.717, 1.165) is 6.42 Å². The number of hydrogen-bond donors (Lipinski definition) is 3. The molecule has 0 saturated carbocycles. The molecule has 1 aromatic rings. The lowest BCUT2D eigenvalue weighted by Gasteiger charge is -2.22. The van der Waals surface area contributed by atoms with Crippen molar-refractivity contribution in [3.63, 3.8) is 0 Å². The van der Waals surface area contributed by atoms with Gasteiger partial charge in [-0.1, -0.05) is 12.1 Å². The predicted molar refractivity (Wildman–Crippen MR) is 73.4 cm³/mol. The van der Waals surface area contributed by atoms with Crippen LogP contribution in [0.4, 0.5) is 0 Å². The van der Waals surface area contributed by atoms with Gasteiger partial charge in [0.05, 0.1) is 11.0 Å². The number of benzene rings is 1. The Bertz CT molecular complexity index is 598. The number of rotatable bonds is 4. The van der Waals surface area contributed by atoms with Gasteiger partial charge in [-0.05, 0) is 37.5 Å². The molecule has 1 amide bonds. The van der Waals surface area contributed by atoms with Gasteiger partial charge in [0.2, 0.25) is 15.9 Å². The minimum atomic E-state index is -3.77. The van der Waals surface area contributed by atoms with Crippen LogP contribution in [0.2, 0.25) is 0 Å². The van der Waals surface area contributed by atoms with Crippen molar-refractivity contribution in [2.24, 2.45) is 0 Å². The van der Waals surface area contributed by atoms with Crippen molar-refractivity contribution >= 4 is 15.9 Å². The Kier molecular flexibility index (Phi) is 4.42. The summed E-state index contributed by atoms with van der Waals surface area (Å²) in [7, 11) is -3.77. The van der Waals surface area contributed by atoms with Crippen LogP contribution in [0.25, 0.3) is 0 Å². The monoisotopic (exact) mass is 298 g/mol. The van der Waals surface area contributed by atoms with Crippen LogP contribution in [0.3, 0.4) is 0 Å². The third-order valence-corrected chi connectivity index (χ3v) is 4.70. The number of carbonyl (C=O) groups excluding carboxylic acids is 1. The SMILES string of the molecule is CC(O)c1cccc(S(=O)(=O)NC2CCCNC2=O)c1. The van der Waals surface area contributed by atoms with Gasteiger partial charge in [0, 0.05) is 6.54 Å². The molecule has 0 radical (unpaired) electrons. The van der Waals surface area contributed by atoms with Crippen LogP contribution in [-0.4, -0.2) is 32.0 Å². The first-order chi connectivity index (χ1) is 9.40. The van der Waals surface area contributed by atoms with Crippen LogP contribution in [0.1, 0.15) is 31.4 Å². The van der Waals surface area contributed by atoms with E-state index in [0.29, 0.717) is 18.5 Å². The second kappa shape index (κ2) is 5.90. The molecule has 0 spiro atoms. The molecule has 0 bridgehead atoms. The minimum Gasteiger partial charge on any atom is -0.389 e. The maximum Gasteiger partial charge on any atom is 0.241 e. The van der Waals surface area contributed by atoms with E-state index in [1.54, 1.807) is 19.1 Å². The topological polar surface area (TPSA) is 95.5 Å². The third-order valence-electron chi connectivity index (χ3n) is 3.23. The maximum absolute atomic E-state index is 12.2. The largest absolute Gasteiger partial charge is 0.389 e. The quantitative estimate of drug-likeness (QED) is 0.745. The smallest absolute Gasteiger partial charge is 0.241 e. The third kappa shape index (κ3) is 3.36. The van der Waals surface area contributed by atoms with Gasteiger partial charge in [-0.2, -0.15) is 4.72 Å². The van der Waals surface area contributed by atoms with Crippen LogP contribution in [-0.2, 0) is 14.8 Å². The first-order valence-electron chi connectivity index (χ1n) is 6.48. The molecule has 0 aliphatic carbocycles. The van der Waals surface area contributed by atoms with Crippen molar-refractivity contribution in [3.05, 3.63) is 29.8 Å². The van der Waals surface area contributed by atoms with Crippen molar-refractivity contribution in [2.45, 2.75) is 36.8 Å². The molecular formula is C13H18N2O4S. The molecule has 2 rings (SSSR count). The molecule has 2 unspecified atom stereocenters. The van der Waals surface area contributed by atoms with Crippen LogP contribution >= 0.6 is 0 Å². The van der Waals surface area contributed by atoms with Crippen LogP contribution in [0.5, 0.6) is 0 Å². The highest BCUT2D eigenvalue weighted by Gasteiger charge is 2.27. The summed E-state index contributed by atoms with van der Waals surface area (Å²) in [4.78, 5) is 11.7. The zero-order valence-electron chi connectivity index (χ0n) is 11.2. The molecule has 1 aliphatic rings. The molecule has 110 valence electrons. The highest BCUT2D eigenvalue weighted by Crippen LogP contribution is 2.18. The Morgan fingerprint density at radius 1 is 1.45 bits per heavy atom. The highest BCUT2D eigenvalue weighted by molar-refractivity contribution is 7.89. The first kappa shape index (κ1) is 15.0. The molecule has 1 saturated heterocycles. The summed E-state index contributed by atoms with van der Waals surface area (Å²) >= 11 is 0. The zero-order valence-corrected chi connectivity index (χ0v) is 12.0. The lowest BCUT2D eigenvalue weighted by Crippen LogP contribution is -2.50. The van der Waals surface area contributed by atoms with Crippen molar-refractivity contribution in [2.75, 3.05) is 6.54 Å². The number of piperidine rings is 1. The maximum atomic E-state index is 12.2. The summed E-state index contributed by atoms with van der Waals surface area (Å²) in [6, 6.07) is 5.33. The summed E-state index contributed by atoms with van der Waals surface area (Å²) in [5, 5.41) is 12.1. The molecule has 20 heavy (non-hydrogen) atoms. The Balaban J connectivity index is 2.21. The van der Waals surface area contributed by atoms with Crippen molar-refractivity contribution < 1.29 is 18.3 Å². The van der Waals surface area contributed by atoms with Gasteiger partial charge >= 0.3 is 0 Å². The van der Waals surface area contributed by atoms with Crippen molar-refractivity contribution in [3.8, 4) is 0 Å². The van der Waals surface area contributed by atoms with E-state index in [9.17, 15) is 18.3 Å². The van der Waals surface area contributed by atoms with Gasteiger partial charge < -0.3 is 10.4 Å². The standard InChI is InChI=1S/C13H18N2O4S/c1-9(16)10-4-2-5-11(8-10)20(18,19)15-12-6-3-7-14-13(12)17/h2,4-5,8-9,12,15-16H,3,6-7H2,1H3,(H,14,17). The Morgan fingerprint density at radius 3 is 2.85 bits per heavy atom. The molecule has 1 aliphatic heterocycles. The molecule has 0 aromatic heterocycles. The number of aliphatic hydroxyl groups is 1. The predicted octanol–water partition coefficient (Wildman–Crippen LogP) is 0.297. The number of sulfonamides is 1. The zero-order chi connectivity index (χ0) is 14.8. The number of carbonyl (C=O) groups is 1. The van der Waals surface area contributed by atoms with E-state index >= 15 is 0 Å². The molecule has 2 atom stereocenters. The van der Waals surface area contributed by atoms with Gasteiger partial charge in [-0.15, -0.1) is 0 Å².